The number of methoxy groups -OCH3 is 1. The van der Waals surface area contributed by atoms with Crippen molar-refractivity contribution in [3.05, 3.63) is 71.7 Å². The first-order valence-electron chi connectivity index (χ1n) is 9.28. The number of carbonyl (C=O) groups excluding carboxylic acids is 1. The number of carbonyl (C=O) groups is 1. The number of ether oxygens (including phenoxy) is 2. The second-order valence-electron chi connectivity index (χ2n) is 6.46. The molecule has 0 unspecified atom stereocenters. The second kappa shape index (κ2) is 9.54. The van der Waals surface area contributed by atoms with E-state index < -0.39 is 0 Å². The first-order chi connectivity index (χ1) is 14.0. The maximum absolute atomic E-state index is 12.5. The normalized spacial score (nSPS) is 10.3. The van der Waals surface area contributed by atoms with Crippen molar-refractivity contribution in [2.75, 3.05) is 30.9 Å². The number of benzene rings is 2. The summed E-state index contributed by atoms with van der Waals surface area (Å²) >= 11 is 0. The molecule has 0 fully saturated rings. The number of hydrogen-bond donors (Lipinski definition) is 2. The average molecular weight is 392 g/mol. The number of nitrogens with one attached hydrogen (secondary N) is 2. The van der Waals surface area contributed by atoms with E-state index in [0.717, 1.165) is 22.7 Å². The summed E-state index contributed by atoms with van der Waals surface area (Å²) in [6, 6.07) is 16.6. The highest BCUT2D eigenvalue weighted by Crippen LogP contribution is 2.17. The van der Waals surface area contributed by atoms with Crippen LogP contribution in [-0.4, -0.2) is 36.1 Å². The minimum Gasteiger partial charge on any atom is -0.497 e. The van der Waals surface area contributed by atoms with Crippen LogP contribution in [0.2, 0.25) is 0 Å². The Morgan fingerprint density at radius 2 is 1.76 bits per heavy atom. The number of anilines is 2. The van der Waals surface area contributed by atoms with Gasteiger partial charge in [0.1, 0.15) is 35.4 Å². The molecule has 0 saturated heterocycles. The molecule has 3 rings (SSSR count). The van der Waals surface area contributed by atoms with Crippen LogP contribution in [-0.2, 0) is 0 Å². The SMILES string of the molecule is COc1ccc(OCCNc2cc(C(=O)Nc3cccc(C)c3)nc(C)n2)cc1. The number of hydrogen-bond acceptors (Lipinski definition) is 6. The predicted molar refractivity (Wildman–Crippen MR) is 113 cm³/mol. The lowest BCUT2D eigenvalue weighted by Crippen LogP contribution is -2.17. The van der Waals surface area contributed by atoms with E-state index in [1.807, 2.05) is 55.5 Å². The number of rotatable bonds is 8. The summed E-state index contributed by atoms with van der Waals surface area (Å²) in [7, 11) is 1.62. The van der Waals surface area contributed by atoms with Gasteiger partial charge in [0.2, 0.25) is 0 Å². The largest absolute Gasteiger partial charge is 0.497 e. The Hall–Kier alpha value is -3.61. The molecule has 7 heteroatoms. The quantitative estimate of drug-likeness (QED) is 0.567. The van der Waals surface area contributed by atoms with Crippen molar-refractivity contribution in [3.63, 3.8) is 0 Å². The predicted octanol–water partition coefficient (Wildman–Crippen LogP) is 3.85. The van der Waals surface area contributed by atoms with E-state index in [1.165, 1.54) is 0 Å². The van der Waals surface area contributed by atoms with Crippen LogP contribution in [0.3, 0.4) is 0 Å². The molecule has 2 aromatic carbocycles. The van der Waals surface area contributed by atoms with Crippen molar-refractivity contribution >= 4 is 17.4 Å². The molecule has 0 spiro atoms. The van der Waals surface area contributed by atoms with Crippen molar-refractivity contribution in [3.8, 4) is 11.5 Å². The van der Waals surface area contributed by atoms with Crippen molar-refractivity contribution in [1.82, 2.24) is 9.97 Å². The molecule has 7 nitrogen and oxygen atoms in total. The fourth-order valence-electron chi connectivity index (χ4n) is 2.71. The summed E-state index contributed by atoms with van der Waals surface area (Å²) in [5.41, 5.74) is 2.10. The van der Waals surface area contributed by atoms with Gasteiger partial charge in [0, 0.05) is 11.8 Å². The molecule has 150 valence electrons. The first-order valence-corrected chi connectivity index (χ1v) is 9.28. The fraction of sp³-hybridized carbons (Fsp3) is 0.227. The lowest BCUT2D eigenvalue weighted by molar-refractivity contribution is 0.102. The van der Waals surface area contributed by atoms with E-state index in [2.05, 4.69) is 20.6 Å². The van der Waals surface area contributed by atoms with Crippen LogP contribution in [0.5, 0.6) is 11.5 Å². The van der Waals surface area contributed by atoms with E-state index >= 15 is 0 Å². The third-order valence-corrected chi connectivity index (χ3v) is 4.08. The highest BCUT2D eigenvalue weighted by molar-refractivity contribution is 6.03. The van der Waals surface area contributed by atoms with Gasteiger partial charge in [0.15, 0.2) is 0 Å². The second-order valence-corrected chi connectivity index (χ2v) is 6.46. The van der Waals surface area contributed by atoms with Crippen molar-refractivity contribution < 1.29 is 14.3 Å². The van der Waals surface area contributed by atoms with E-state index in [-0.39, 0.29) is 5.91 Å². The van der Waals surface area contributed by atoms with Crippen LogP contribution >= 0.6 is 0 Å². The molecule has 0 aliphatic rings. The summed E-state index contributed by atoms with van der Waals surface area (Å²) < 4.78 is 10.8. The van der Waals surface area contributed by atoms with Crippen LogP contribution < -0.4 is 20.1 Å². The molecule has 0 bridgehead atoms. The fourth-order valence-corrected chi connectivity index (χ4v) is 2.71. The highest BCUT2D eigenvalue weighted by atomic mass is 16.5. The van der Waals surface area contributed by atoms with Crippen molar-refractivity contribution in [2.24, 2.45) is 0 Å². The number of aryl methyl sites for hydroxylation is 2. The summed E-state index contributed by atoms with van der Waals surface area (Å²) in [4.78, 5) is 21.1. The summed E-state index contributed by atoms with van der Waals surface area (Å²) in [6.07, 6.45) is 0. The Bertz CT molecular complexity index is 974. The Balaban J connectivity index is 1.56. The Morgan fingerprint density at radius 3 is 2.48 bits per heavy atom. The first kappa shape index (κ1) is 20.1. The average Bonchev–Trinajstić information content (AvgIpc) is 2.71. The van der Waals surface area contributed by atoms with Gasteiger partial charge in [-0.15, -0.1) is 0 Å². The van der Waals surface area contributed by atoms with Crippen LogP contribution in [0.1, 0.15) is 21.9 Å². The summed E-state index contributed by atoms with van der Waals surface area (Å²) in [5.74, 6) is 2.34. The Labute approximate surface area is 170 Å². The highest BCUT2D eigenvalue weighted by Gasteiger charge is 2.11. The number of nitrogens with zero attached hydrogens (tertiary/aromatic N) is 2. The Kier molecular flexibility index (Phi) is 6.63. The van der Waals surface area contributed by atoms with Crippen LogP contribution in [0.4, 0.5) is 11.5 Å². The molecule has 0 aliphatic carbocycles. The Morgan fingerprint density at radius 1 is 1.00 bits per heavy atom. The van der Waals surface area contributed by atoms with Crippen molar-refractivity contribution in [1.29, 1.82) is 0 Å². The van der Waals surface area contributed by atoms with Gasteiger partial charge in [-0.25, -0.2) is 9.97 Å². The lowest BCUT2D eigenvalue weighted by Gasteiger charge is -2.11. The molecule has 1 heterocycles. The van der Waals surface area contributed by atoms with Gasteiger partial charge in [-0.1, -0.05) is 12.1 Å². The molecule has 1 amide bonds. The molecule has 29 heavy (non-hydrogen) atoms. The third kappa shape index (κ3) is 5.93. The zero-order chi connectivity index (χ0) is 20.6. The van der Waals surface area contributed by atoms with Crippen LogP contribution in [0.15, 0.2) is 54.6 Å². The molecular weight excluding hydrogens is 368 g/mol. The minimum absolute atomic E-state index is 0.279. The summed E-state index contributed by atoms with van der Waals surface area (Å²) in [6.45, 7) is 4.70. The smallest absolute Gasteiger partial charge is 0.274 e. The van der Waals surface area contributed by atoms with Gasteiger partial charge in [0.05, 0.1) is 13.7 Å². The minimum atomic E-state index is -0.279. The maximum atomic E-state index is 12.5. The molecule has 3 aromatic rings. The van der Waals surface area contributed by atoms with Gasteiger partial charge in [-0.3, -0.25) is 4.79 Å². The van der Waals surface area contributed by atoms with Gasteiger partial charge in [-0.05, 0) is 55.8 Å². The van der Waals surface area contributed by atoms with Crippen molar-refractivity contribution in [2.45, 2.75) is 13.8 Å². The van der Waals surface area contributed by atoms with E-state index in [9.17, 15) is 4.79 Å². The zero-order valence-electron chi connectivity index (χ0n) is 16.7. The molecule has 0 atom stereocenters. The number of amides is 1. The molecular formula is C22H24N4O3. The van der Waals surface area contributed by atoms with E-state index in [4.69, 9.17) is 9.47 Å². The van der Waals surface area contributed by atoms with Gasteiger partial charge >= 0.3 is 0 Å². The standard InChI is InChI=1S/C22H24N4O3/c1-15-5-4-6-17(13-15)26-22(27)20-14-21(25-16(2)24-20)23-11-12-29-19-9-7-18(28-3)8-10-19/h4-10,13-14H,11-12H2,1-3H3,(H,26,27)(H,23,24,25). The monoisotopic (exact) mass is 392 g/mol. The topological polar surface area (TPSA) is 85.4 Å². The number of aromatic nitrogens is 2. The van der Waals surface area contributed by atoms with Crippen LogP contribution in [0, 0.1) is 13.8 Å². The molecule has 0 saturated carbocycles. The zero-order valence-corrected chi connectivity index (χ0v) is 16.7. The maximum Gasteiger partial charge on any atom is 0.274 e. The van der Waals surface area contributed by atoms with Crippen LogP contribution in [0.25, 0.3) is 0 Å². The van der Waals surface area contributed by atoms with E-state index in [0.29, 0.717) is 30.5 Å². The lowest BCUT2D eigenvalue weighted by atomic mass is 10.2. The molecule has 0 aliphatic heterocycles. The molecule has 0 radical (unpaired) electrons. The third-order valence-electron chi connectivity index (χ3n) is 4.08. The van der Waals surface area contributed by atoms with Gasteiger partial charge in [0.25, 0.3) is 5.91 Å². The molecule has 2 N–H and O–H groups in total. The van der Waals surface area contributed by atoms with E-state index in [1.54, 1.807) is 20.1 Å². The summed E-state index contributed by atoms with van der Waals surface area (Å²) in [5, 5.41) is 6.03. The van der Waals surface area contributed by atoms with Gasteiger partial charge < -0.3 is 20.1 Å². The molecule has 1 aromatic heterocycles. The van der Waals surface area contributed by atoms with Gasteiger partial charge in [-0.2, -0.15) is 0 Å².